The van der Waals surface area contributed by atoms with Crippen LogP contribution in [0.4, 0.5) is 0 Å². The molecule has 2 nitrogen and oxygen atoms in total. The molecule has 0 N–H and O–H groups in total. The van der Waals surface area contributed by atoms with Gasteiger partial charge in [-0.15, -0.1) is 0 Å². The lowest BCUT2D eigenvalue weighted by molar-refractivity contribution is 0.316. The number of hydrogen-bond acceptors (Lipinski definition) is 2. The topological polar surface area (TPSA) is 21.6 Å². The smallest absolute Gasteiger partial charge is 0.188 e. The van der Waals surface area contributed by atoms with E-state index in [1.54, 1.807) is 0 Å². The molecule has 12 heavy (non-hydrogen) atoms. The molecule has 1 aliphatic heterocycles. The average molecular weight is 169 g/mol. The van der Waals surface area contributed by atoms with Crippen LogP contribution in [-0.4, -0.2) is 12.5 Å². The second kappa shape index (κ2) is 6.89. The zero-order valence-electron chi connectivity index (χ0n) is 8.55. The van der Waals surface area contributed by atoms with Gasteiger partial charge in [0.2, 0.25) is 0 Å². The van der Waals surface area contributed by atoms with E-state index in [0.717, 1.165) is 25.3 Å². The molecular weight excluding hydrogens is 150 g/mol. The molecule has 0 saturated carbocycles. The molecule has 2 heteroatoms. The molecule has 0 spiro atoms. The Morgan fingerprint density at radius 2 is 2.08 bits per heavy atom. The van der Waals surface area contributed by atoms with Gasteiger partial charge in [0.15, 0.2) is 5.90 Å². The van der Waals surface area contributed by atoms with Crippen molar-refractivity contribution in [2.24, 2.45) is 4.99 Å². The van der Waals surface area contributed by atoms with E-state index in [2.05, 4.69) is 11.9 Å². The highest BCUT2D eigenvalue weighted by atomic mass is 16.5. The van der Waals surface area contributed by atoms with E-state index >= 15 is 0 Å². The lowest BCUT2D eigenvalue weighted by Crippen LogP contribution is -2.06. The molecule has 0 atom stereocenters. The predicted octanol–water partition coefficient (Wildman–Crippen LogP) is 3.15. The minimum absolute atomic E-state index is 0.728. The summed E-state index contributed by atoms with van der Waals surface area (Å²) in [6.07, 6.45) is 3.95. The normalized spacial score (nSPS) is 15.3. The van der Waals surface area contributed by atoms with Crippen molar-refractivity contribution in [1.29, 1.82) is 0 Å². The second-order valence-corrected chi connectivity index (χ2v) is 2.43. The van der Waals surface area contributed by atoms with E-state index in [4.69, 9.17) is 4.74 Å². The second-order valence-electron chi connectivity index (χ2n) is 2.43. The molecule has 0 radical (unpaired) electrons. The van der Waals surface area contributed by atoms with Crippen molar-refractivity contribution in [2.45, 2.75) is 40.5 Å². The Morgan fingerprint density at radius 3 is 2.50 bits per heavy atom. The van der Waals surface area contributed by atoms with Crippen molar-refractivity contribution in [3.63, 3.8) is 0 Å². The first kappa shape index (κ1) is 11.2. The number of aliphatic imine (C=N–C) groups is 1. The van der Waals surface area contributed by atoms with Crippen LogP contribution in [-0.2, 0) is 4.74 Å². The summed E-state index contributed by atoms with van der Waals surface area (Å²) in [7, 11) is 0. The predicted molar refractivity (Wildman–Crippen MR) is 53.4 cm³/mol. The number of hydrogen-bond donors (Lipinski definition) is 0. The molecule has 0 aromatic carbocycles. The van der Waals surface area contributed by atoms with Crippen molar-refractivity contribution in [1.82, 2.24) is 0 Å². The van der Waals surface area contributed by atoms with Crippen molar-refractivity contribution in [3.8, 4) is 0 Å². The van der Waals surface area contributed by atoms with Crippen LogP contribution in [0.25, 0.3) is 0 Å². The first-order valence-electron chi connectivity index (χ1n) is 4.68. The van der Waals surface area contributed by atoms with Crippen LogP contribution >= 0.6 is 0 Å². The molecule has 1 aliphatic rings. The molecule has 0 unspecified atom stereocenters. The molecule has 70 valence electrons. The van der Waals surface area contributed by atoms with Crippen LogP contribution in [0.2, 0.25) is 0 Å². The van der Waals surface area contributed by atoms with Crippen molar-refractivity contribution >= 4 is 5.90 Å². The highest BCUT2D eigenvalue weighted by Crippen LogP contribution is 2.11. The Morgan fingerprint density at radius 1 is 1.42 bits per heavy atom. The van der Waals surface area contributed by atoms with E-state index in [9.17, 15) is 0 Å². The highest BCUT2D eigenvalue weighted by Gasteiger charge is 2.03. The van der Waals surface area contributed by atoms with Crippen LogP contribution in [0, 0.1) is 0 Å². The summed E-state index contributed by atoms with van der Waals surface area (Å²) in [4.78, 5) is 4.13. The lowest BCUT2D eigenvalue weighted by atomic mass is 10.1. The molecule has 0 bridgehead atoms. The van der Waals surface area contributed by atoms with Gasteiger partial charge in [0.1, 0.15) is 0 Å². The Bertz CT molecular complexity index is 167. The van der Waals surface area contributed by atoms with Gasteiger partial charge >= 0.3 is 0 Å². The largest absolute Gasteiger partial charge is 0.481 e. The summed E-state index contributed by atoms with van der Waals surface area (Å²) >= 11 is 0. The molecule has 0 fully saturated rings. The van der Waals surface area contributed by atoms with Crippen LogP contribution in [0.5, 0.6) is 0 Å². The molecule has 0 saturated heterocycles. The highest BCUT2D eigenvalue weighted by molar-refractivity contribution is 5.77. The SMILES string of the molecule is CC.CCOC1=NC=C(C)CC1. The summed E-state index contributed by atoms with van der Waals surface area (Å²) in [6.45, 7) is 8.80. The minimum atomic E-state index is 0.728. The molecular formula is C10H19NO. The Balaban J connectivity index is 0.000000561. The molecule has 0 aromatic heterocycles. The van der Waals surface area contributed by atoms with Gasteiger partial charge in [-0.05, 0) is 20.3 Å². The fraction of sp³-hybridized carbons (Fsp3) is 0.700. The average Bonchev–Trinajstić information content (AvgIpc) is 2.13. The van der Waals surface area contributed by atoms with Gasteiger partial charge in [-0.2, -0.15) is 0 Å². The quantitative estimate of drug-likeness (QED) is 0.591. The summed E-state index contributed by atoms with van der Waals surface area (Å²) in [5, 5.41) is 0. The van der Waals surface area contributed by atoms with Gasteiger partial charge in [0.05, 0.1) is 6.61 Å². The van der Waals surface area contributed by atoms with Gasteiger partial charge in [-0.1, -0.05) is 19.4 Å². The first-order valence-corrected chi connectivity index (χ1v) is 4.68. The molecule has 0 aliphatic carbocycles. The van der Waals surface area contributed by atoms with Crippen molar-refractivity contribution < 1.29 is 4.74 Å². The molecule has 1 heterocycles. The van der Waals surface area contributed by atoms with E-state index in [-0.39, 0.29) is 0 Å². The Labute approximate surface area is 75.3 Å². The third kappa shape index (κ3) is 4.16. The van der Waals surface area contributed by atoms with E-state index in [0.29, 0.717) is 0 Å². The molecule has 1 rings (SSSR count). The fourth-order valence-electron chi connectivity index (χ4n) is 0.891. The van der Waals surface area contributed by atoms with Crippen LogP contribution in [0.15, 0.2) is 16.8 Å². The third-order valence-electron chi connectivity index (χ3n) is 1.47. The summed E-state index contributed by atoms with van der Waals surface area (Å²) in [6, 6.07) is 0. The molecule has 0 amide bonds. The standard InChI is InChI=1S/C8H13NO.C2H6/c1-3-10-8-5-4-7(2)6-9-8;1-2/h6H,3-5H2,1-2H3;1-2H3. The monoisotopic (exact) mass is 169 g/mol. The first-order chi connectivity index (χ1) is 5.83. The van der Waals surface area contributed by atoms with E-state index < -0.39 is 0 Å². The molecule has 0 aromatic rings. The number of ether oxygens (including phenoxy) is 1. The van der Waals surface area contributed by atoms with Crippen LogP contribution in [0.3, 0.4) is 0 Å². The lowest BCUT2D eigenvalue weighted by Gasteiger charge is -2.10. The van der Waals surface area contributed by atoms with Crippen LogP contribution in [0.1, 0.15) is 40.5 Å². The summed E-state index contributed by atoms with van der Waals surface area (Å²) in [5.41, 5.74) is 1.34. The minimum Gasteiger partial charge on any atom is -0.481 e. The maximum atomic E-state index is 5.24. The Kier molecular flexibility index (Phi) is 6.44. The maximum absolute atomic E-state index is 5.24. The van der Waals surface area contributed by atoms with E-state index in [1.807, 2.05) is 27.0 Å². The van der Waals surface area contributed by atoms with Gasteiger partial charge in [-0.25, -0.2) is 4.99 Å². The van der Waals surface area contributed by atoms with Gasteiger partial charge in [-0.3, -0.25) is 0 Å². The van der Waals surface area contributed by atoms with Crippen LogP contribution < -0.4 is 0 Å². The zero-order valence-corrected chi connectivity index (χ0v) is 8.55. The maximum Gasteiger partial charge on any atom is 0.188 e. The van der Waals surface area contributed by atoms with E-state index in [1.165, 1.54) is 5.57 Å². The van der Waals surface area contributed by atoms with Crippen molar-refractivity contribution in [2.75, 3.05) is 6.61 Å². The number of rotatable bonds is 1. The third-order valence-corrected chi connectivity index (χ3v) is 1.47. The number of nitrogens with zero attached hydrogens (tertiary/aromatic N) is 1. The van der Waals surface area contributed by atoms with Gasteiger partial charge in [0.25, 0.3) is 0 Å². The van der Waals surface area contributed by atoms with Crippen molar-refractivity contribution in [3.05, 3.63) is 11.8 Å². The zero-order chi connectivity index (χ0) is 9.40. The fourth-order valence-corrected chi connectivity index (χ4v) is 0.891. The summed E-state index contributed by atoms with van der Waals surface area (Å²) in [5.74, 6) is 0.883. The summed E-state index contributed by atoms with van der Waals surface area (Å²) < 4.78 is 5.24. The number of allylic oxidation sites excluding steroid dienone is 1. The van der Waals surface area contributed by atoms with Gasteiger partial charge < -0.3 is 4.74 Å². The van der Waals surface area contributed by atoms with Gasteiger partial charge in [0, 0.05) is 12.6 Å². The Hall–Kier alpha value is -0.790.